The van der Waals surface area contributed by atoms with E-state index < -0.39 is 0 Å². The quantitative estimate of drug-likeness (QED) is 0.271. The SMILES string of the molecule is c1ccc2c(c1)sc1c(Nc3cccc4c3oc3c4ccc4sc5ccccc5c43)cccc12. The van der Waals surface area contributed by atoms with Crippen LogP contribution in [0.5, 0.6) is 0 Å². The van der Waals surface area contributed by atoms with E-state index in [0.717, 1.165) is 33.3 Å². The van der Waals surface area contributed by atoms with E-state index in [1.54, 1.807) is 0 Å². The number of nitrogens with one attached hydrogen (secondary N) is 1. The van der Waals surface area contributed by atoms with E-state index in [0.29, 0.717) is 0 Å². The van der Waals surface area contributed by atoms with E-state index in [4.69, 9.17) is 4.42 Å². The molecular formula is C30H17NOS2. The molecule has 0 fully saturated rings. The summed E-state index contributed by atoms with van der Waals surface area (Å²) in [5, 5.41) is 11.1. The number of thiophene rings is 2. The molecule has 34 heavy (non-hydrogen) atoms. The Hall–Kier alpha value is -3.86. The Kier molecular flexibility index (Phi) is 3.73. The van der Waals surface area contributed by atoms with Crippen molar-refractivity contribution in [2.24, 2.45) is 0 Å². The van der Waals surface area contributed by atoms with Crippen LogP contribution in [0.15, 0.2) is 101 Å². The molecule has 0 spiro atoms. The summed E-state index contributed by atoms with van der Waals surface area (Å²) >= 11 is 3.65. The molecule has 3 heterocycles. The van der Waals surface area contributed by atoms with Gasteiger partial charge in [-0.15, -0.1) is 22.7 Å². The summed E-state index contributed by atoms with van der Waals surface area (Å²) in [5.74, 6) is 0. The van der Waals surface area contributed by atoms with E-state index >= 15 is 0 Å². The average Bonchev–Trinajstić information content (AvgIpc) is 3.55. The van der Waals surface area contributed by atoms with Crippen LogP contribution in [0.2, 0.25) is 0 Å². The highest BCUT2D eigenvalue weighted by Gasteiger charge is 2.17. The number of para-hydroxylation sites is 1. The largest absolute Gasteiger partial charge is 0.453 e. The molecule has 4 heteroatoms. The first-order chi connectivity index (χ1) is 16.8. The van der Waals surface area contributed by atoms with Crippen LogP contribution in [-0.2, 0) is 0 Å². The van der Waals surface area contributed by atoms with Crippen LogP contribution in [0.4, 0.5) is 11.4 Å². The van der Waals surface area contributed by atoms with Crippen molar-refractivity contribution >= 4 is 96.3 Å². The zero-order valence-electron chi connectivity index (χ0n) is 18.0. The first kappa shape index (κ1) is 18.6. The summed E-state index contributed by atoms with van der Waals surface area (Å²) in [7, 11) is 0. The lowest BCUT2D eigenvalue weighted by Crippen LogP contribution is -1.90. The highest BCUT2D eigenvalue weighted by Crippen LogP contribution is 2.44. The molecule has 0 unspecified atom stereocenters. The number of fused-ring (bicyclic) bond motifs is 10. The molecule has 0 atom stereocenters. The fourth-order valence-corrected chi connectivity index (χ4v) is 7.43. The zero-order chi connectivity index (χ0) is 22.2. The summed E-state index contributed by atoms with van der Waals surface area (Å²) in [6.07, 6.45) is 0. The lowest BCUT2D eigenvalue weighted by Gasteiger charge is -2.08. The van der Waals surface area contributed by atoms with Crippen LogP contribution in [0, 0.1) is 0 Å². The Morgan fingerprint density at radius 1 is 0.471 bits per heavy atom. The highest BCUT2D eigenvalue weighted by molar-refractivity contribution is 7.26. The predicted molar refractivity (Wildman–Crippen MR) is 149 cm³/mol. The van der Waals surface area contributed by atoms with Gasteiger partial charge in [-0.3, -0.25) is 0 Å². The Balaban J connectivity index is 1.38. The average molecular weight is 472 g/mol. The van der Waals surface area contributed by atoms with Crippen molar-refractivity contribution in [2.75, 3.05) is 5.32 Å². The molecule has 0 bridgehead atoms. The molecule has 8 aromatic rings. The fraction of sp³-hybridized carbons (Fsp3) is 0. The summed E-state index contributed by atoms with van der Waals surface area (Å²) < 4.78 is 11.8. The molecule has 0 radical (unpaired) electrons. The van der Waals surface area contributed by atoms with Gasteiger partial charge in [0, 0.05) is 46.4 Å². The van der Waals surface area contributed by atoms with Gasteiger partial charge in [-0.25, -0.2) is 0 Å². The third kappa shape index (κ3) is 2.50. The number of furan rings is 1. The lowest BCUT2D eigenvalue weighted by molar-refractivity contribution is 0.674. The molecule has 3 aromatic heterocycles. The number of anilines is 2. The van der Waals surface area contributed by atoms with Gasteiger partial charge in [0.25, 0.3) is 0 Å². The van der Waals surface area contributed by atoms with Gasteiger partial charge in [-0.1, -0.05) is 60.7 Å². The van der Waals surface area contributed by atoms with Gasteiger partial charge in [0.2, 0.25) is 0 Å². The van der Waals surface area contributed by atoms with E-state index in [1.165, 1.54) is 40.3 Å². The van der Waals surface area contributed by atoms with Crippen molar-refractivity contribution in [3.63, 3.8) is 0 Å². The monoisotopic (exact) mass is 471 g/mol. The third-order valence-electron chi connectivity index (χ3n) is 6.68. The third-order valence-corrected chi connectivity index (χ3v) is 9.03. The van der Waals surface area contributed by atoms with Crippen LogP contribution in [0.25, 0.3) is 62.3 Å². The van der Waals surface area contributed by atoms with Gasteiger partial charge in [0.1, 0.15) is 5.58 Å². The van der Waals surface area contributed by atoms with Crippen LogP contribution >= 0.6 is 22.7 Å². The second-order valence-electron chi connectivity index (χ2n) is 8.60. The van der Waals surface area contributed by atoms with Crippen LogP contribution < -0.4 is 5.32 Å². The van der Waals surface area contributed by atoms with E-state index in [-0.39, 0.29) is 0 Å². The fourth-order valence-electron chi connectivity index (χ4n) is 5.15. The van der Waals surface area contributed by atoms with Gasteiger partial charge < -0.3 is 9.73 Å². The predicted octanol–water partition coefficient (Wildman–Crippen LogP) is 10.1. The molecule has 0 aliphatic heterocycles. The summed E-state index contributed by atoms with van der Waals surface area (Å²) in [4.78, 5) is 0. The maximum Gasteiger partial charge on any atom is 0.158 e. The second kappa shape index (κ2) is 6.83. The Bertz CT molecular complexity index is 2060. The molecule has 1 N–H and O–H groups in total. The molecule has 160 valence electrons. The molecular weight excluding hydrogens is 454 g/mol. The van der Waals surface area contributed by atoms with Crippen LogP contribution in [0.1, 0.15) is 0 Å². The molecule has 0 aliphatic rings. The lowest BCUT2D eigenvalue weighted by atomic mass is 10.1. The maximum absolute atomic E-state index is 6.65. The van der Waals surface area contributed by atoms with E-state index in [9.17, 15) is 0 Å². The first-order valence-corrected chi connectivity index (χ1v) is 12.9. The second-order valence-corrected chi connectivity index (χ2v) is 10.7. The maximum atomic E-state index is 6.65. The number of benzene rings is 5. The Labute approximate surface area is 202 Å². The van der Waals surface area contributed by atoms with Crippen molar-refractivity contribution in [2.45, 2.75) is 0 Å². The highest BCUT2D eigenvalue weighted by atomic mass is 32.1. The minimum atomic E-state index is 0.901. The number of hydrogen-bond donors (Lipinski definition) is 1. The topological polar surface area (TPSA) is 25.2 Å². The van der Waals surface area contributed by atoms with E-state index in [2.05, 4.69) is 102 Å². The number of hydrogen-bond acceptors (Lipinski definition) is 4. The molecule has 0 aliphatic carbocycles. The Morgan fingerprint density at radius 3 is 2.03 bits per heavy atom. The van der Waals surface area contributed by atoms with Gasteiger partial charge in [-0.2, -0.15) is 0 Å². The van der Waals surface area contributed by atoms with Crippen molar-refractivity contribution in [1.29, 1.82) is 0 Å². The van der Waals surface area contributed by atoms with Gasteiger partial charge in [0.15, 0.2) is 5.58 Å². The van der Waals surface area contributed by atoms with Gasteiger partial charge in [-0.05, 0) is 36.4 Å². The molecule has 5 aromatic carbocycles. The van der Waals surface area contributed by atoms with Crippen molar-refractivity contribution in [3.8, 4) is 0 Å². The minimum Gasteiger partial charge on any atom is -0.453 e. The molecule has 0 amide bonds. The van der Waals surface area contributed by atoms with Crippen molar-refractivity contribution < 1.29 is 4.42 Å². The molecule has 2 nitrogen and oxygen atoms in total. The molecule has 8 rings (SSSR count). The van der Waals surface area contributed by atoms with Crippen LogP contribution in [0.3, 0.4) is 0 Å². The summed E-state index contributed by atoms with van der Waals surface area (Å²) in [6, 6.07) is 34.5. The van der Waals surface area contributed by atoms with Crippen molar-refractivity contribution in [1.82, 2.24) is 0 Å². The van der Waals surface area contributed by atoms with Crippen LogP contribution in [-0.4, -0.2) is 0 Å². The molecule has 0 saturated carbocycles. The zero-order valence-corrected chi connectivity index (χ0v) is 19.6. The van der Waals surface area contributed by atoms with Crippen molar-refractivity contribution in [3.05, 3.63) is 97.1 Å². The normalized spacial score (nSPS) is 12.1. The summed E-state index contributed by atoms with van der Waals surface area (Å²) in [6.45, 7) is 0. The Morgan fingerprint density at radius 2 is 1.15 bits per heavy atom. The molecule has 0 saturated heterocycles. The summed E-state index contributed by atoms with van der Waals surface area (Å²) in [5.41, 5.74) is 3.97. The van der Waals surface area contributed by atoms with Gasteiger partial charge in [0.05, 0.1) is 16.1 Å². The minimum absolute atomic E-state index is 0.901. The number of rotatable bonds is 2. The van der Waals surface area contributed by atoms with E-state index in [1.807, 2.05) is 22.7 Å². The van der Waals surface area contributed by atoms with Gasteiger partial charge >= 0.3 is 0 Å². The standard InChI is InChI=1S/C30H17NOS2/c1-3-13-24-17(7-1)20-10-6-12-23(30(20)34-24)31-22-11-5-9-18-19-15-16-26-27(29(19)32-28(18)22)21-8-2-4-14-25(21)33-26/h1-16,31H. The smallest absolute Gasteiger partial charge is 0.158 e. The first-order valence-electron chi connectivity index (χ1n) is 11.3.